The van der Waals surface area contributed by atoms with Gasteiger partial charge in [-0.2, -0.15) is 0 Å². The Hall–Kier alpha value is -1.88. The summed E-state index contributed by atoms with van der Waals surface area (Å²) in [6.45, 7) is 11.8. The maximum absolute atomic E-state index is 11.4. The van der Waals surface area contributed by atoms with Gasteiger partial charge in [-0.15, -0.1) is 0 Å². The molecule has 0 N–H and O–H groups in total. The van der Waals surface area contributed by atoms with Crippen LogP contribution in [0, 0.1) is 0 Å². The minimum Gasteiger partial charge on any atom is -0.550 e. The molecule has 0 aliphatic carbocycles. The summed E-state index contributed by atoms with van der Waals surface area (Å²) >= 11 is 5.16. The van der Waals surface area contributed by atoms with Gasteiger partial charge in [0.25, 0.3) is 5.24 Å². The number of carbonyl (C=O) groups excluding carboxylic acids is 5. The maximum atomic E-state index is 11.4. The predicted molar refractivity (Wildman–Crippen MR) is 144 cm³/mol. The van der Waals surface area contributed by atoms with Gasteiger partial charge < -0.3 is 19.4 Å². The van der Waals surface area contributed by atoms with E-state index in [0.29, 0.717) is 17.7 Å². The molecule has 0 heterocycles. The third-order valence-electron chi connectivity index (χ3n) is 3.30. The van der Waals surface area contributed by atoms with Gasteiger partial charge in [0, 0.05) is 11.1 Å². The molecule has 0 aliphatic rings. The molecule has 0 fully saturated rings. The molecule has 2 rings (SSSR count). The molecular weight excluding hydrogens is 539 g/mol. The smallest absolute Gasteiger partial charge is 0.550 e. The molecule has 0 unspecified atom stereocenters. The van der Waals surface area contributed by atoms with Crippen LogP contribution in [-0.2, 0) is 23.9 Å². The number of hydrogen-bond acceptors (Lipinski definition) is 8. The quantitative estimate of drug-likeness (QED) is 0.153. The van der Waals surface area contributed by atoms with Gasteiger partial charge >= 0.3 is 63.3 Å². The number of carboxylic acid groups (broad SMARTS) is 1. The van der Waals surface area contributed by atoms with E-state index >= 15 is 0 Å². The fourth-order valence-corrected chi connectivity index (χ4v) is 2.09. The van der Waals surface area contributed by atoms with Crippen molar-refractivity contribution in [1.82, 2.24) is 0 Å². The van der Waals surface area contributed by atoms with Gasteiger partial charge in [0.15, 0.2) is 5.78 Å². The second-order valence-corrected chi connectivity index (χ2v) is 6.11. The molecule has 0 aliphatic heterocycles. The van der Waals surface area contributed by atoms with E-state index in [2.05, 4.69) is 9.47 Å². The molecule has 10 heteroatoms. The second-order valence-electron chi connectivity index (χ2n) is 5.76. The summed E-state index contributed by atoms with van der Waals surface area (Å²) < 4.78 is 8.97. The number of rotatable bonds is 8. The summed E-state index contributed by atoms with van der Waals surface area (Å²) in [7, 11) is 0. The van der Waals surface area contributed by atoms with E-state index in [4.69, 9.17) is 11.6 Å². The van der Waals surface area contributed by atoms with E-state index in [0.717, 1.165) is 0 Å². The summed E-state index contributed by atoms with van der Waals surface area (Å²) in [5.74, 6) is -2.84. The molecule has 0 radical (unpaired) electrons. The third kappa shape index (κ3) is 28.7. The van der Waals surface area contributed by atoms with E-state index < -0.39 is 29.6 Å². The molecule has 2 aromatic carbocycles. The van der Waals surface area contributed by atoms with Crippen LogP contribution in [-0.4, -0.2) is 42.1 Å². The molecule has 0 spiro atoms. The van der Waals surface area contributed by atoms with Crippen LogP contribution in [0.3, 0.4) is 0 Å². The van der Waals surface area contributed by atoms with Crippen LogP contribution < -0.4 is 56.5 Å². The van der Waals surface area contributed by atoms with Gasteiger partial charge in [-0.05, 0) is 25.4 Å². The Morgan fingerprint density at radius 3 is 1.32 bits per heavy atom. The van der Waals surface area contributed by atoms with Crippen LogP contribution in [0.2, 0.25) is 0 Å². The Balaban J connectivity index is -0.000000135. The average Bonchev–Trinajstić information content (AvgIpc) is 2.88. The number of halogens is 1. The van der Waals surface area contributed by atoms with Gasteiger partial charge in [0.05, 0.1) is 25.6 Å². The first-order chi connectivity index (χ1) is 17.2. The summed E-state index contributed by atoms with van der Waals surface area (Å²) in [6, 6.07) is 17.4. The monoisotopic (exact) mass is 578 g/mol. The van der Waals surface area contributed by atoms with Crippen molar-refractivity contribution in [3.63, 3.8) is 0 Å². The van der Waals surface area contributed by atoms with Crippen molar-refractivity contribution in [2.75, 3.05) is 13.2 Å². The van der Waals surface area contributed by atoms with Gasteiger partial charge in [0.2, 0.25) is 0 Å². The second kappa shape index (κ2) is 33.1. The Bertz CT molecular complexity index is 875. The Morgan fingerprint density at radius 2 is 1.03 bits per heavy atom. The van der Waals surface area contributed by atoms with Crippen molar-refractivity contribution < 1.29 is 89.9 Å². The Morgan fingerprint density at radius 1 is 0.684 bits per heavy atom. The van der Waals surface area contributed by atoms with Crippen LogP contribution in [0.15, 0.2) is 60.7 Å². The van der Waals surface area contributed by atoms with E-state index in [9.17, 15) is 29.1 Å². The number of esters is 2. The van der Waals surface area contributed by atoms with Crippen LogP contribution in [0.1, 0.15) is 82.5 Å². The number of carboxylic acids is 1. The molecule has 38 heavy (non-hydrogen) atoms. The first-order valence-corrected chi connectivity index (χ1v) is 11.9. The van der Waals surface area contributed by atoms with Crippen molar-refractivity contribution in [1.29, 1.82) is 0 Å². The van der Waals surface area contributed by atoms with Crippen molar-refractivity contribution in [3.05, 3.63) is 71.8 Å². The van der Waals surface area contributed by atoms with E-state index in [-0.39, 0.29) is 77.6 Å². The SMILES string of the molecule is C.CC.CC.CCOC(=O)CC(=O)[O-].CCOC(=O)CC(=O)c1ccccc1.O=C(Cl)c1ccccc1.[K+]. The first-order valence-electron chi connectivity index (χ1n) is 11.5. The van der Waals surface area contributed by atoms with Crippen LogP contribution in [0.4, 0.5) is 0 Å². The summed E-state index contributed by atoms with van der Waals surface area (Å²) in [5, 5.41) is 9.27. The molecule has 0 bridgehead atoms. The largest absolute Gasteiger partial charge is 1.00 e. The maximum Gasteiger partial charge on any atom is 1.00 e. The number of ketones is 1. The zero-order chi connectivity index (χ0) is 28.4. The number of aliphatic carboxylic acids is 1. The van der Waals surface area contributed by atoms with Crippen LogP contribution >= 0.6 is 11.6 Å². The van der Waals surface area contributed by atoms with E-state index in [1.54, 1.807) is 62.4 Å². The predicted octanol–water partition coefficient (Wildman–Crippen LogP) is 2.27. The van der Waals surface area contributed by atoms with Gasteiger partial charge in [-0.1, -0.05) is 95.8 Å². The number of benzene rings is 2. The number of Topliss-reactive ketones (excluding diaryl/α,β-unsaturated/α-hetero) is 1. The molecule has 208 valence electrons. The first kappa shape index (κ1) is 46.0. The van der Waals surface area contributed by atoms with E-state index in [1.807, 2.05) is 39.8 Å². The van der Waals surface area contributed by atoms with Crippen LogP contribution in [0.25, 0.3) is 0 Å². The van der Waals surface area contributed by atoms with Crippen molar-refractivity contribution >= 4 is 40.5 Å². The normalized spacial score (nSPS) is 7.97. The standard InChI is InChI=1S/C11H12O3.C7H5ClO.C5H8O4.2C2H6.CH4.K/c1-2-14-11(13)8-10(12)9-6-4-3-5-7-9;8-7(9)6-4-2-1-3-5-6;1-2-9-5(8)3-4(6)7;2*1-2;;/h3-7H,2,8H2,1H3;1-5H;2-3H2,1H3,(H,6,7);2*1-2H3;1H4;/q;;;;;;+1/p-1. The zero-order valence-corrected chi connectivity index (χ0v) is 26.6. The summed E-state index contributed by atoms with van der Waals surface area (Å²) in [6.07, 6.45) is -0.842. The molecular formula is C28H40ClKO8. The molecule has 0 saturated heterocycles. The Labute approximate surface area is 274 Å². The zero-order valence-electron chi connectivity index (χ0n) is 22.7. The minimum absolute atomic E-state index is 0. The fourth-order valence-electron chi connectivity index (χ4n) is 1.97. The molecule has 0 atom stereocenters. The minimum atomic E-state index is -1.41. The topological polar surface area (TPSA) is 127 Å². The van der Waals surface area contributed by atoms with Crippen molar-refractivity contribution in [2.45, 2.75) is 61.8 Å². The molecule has 0 saturated carbocycles. The Kier molecular flexibility index (Phi) is 40.1. The number of carbonyl (C=O) groups is 5. The fraction of sp³-hybridized carbons (Fsp3) is 0.393. The number of hydrogen-bond donors (Lipinski definition) is 0. The molecule has 8 nitrogen and oxygen atoms in total. The third-order valence-corrected chi connectivity index (χ3v) is 3.52. The van der Waals surface area contributed by atoms with Crippen molar-refractivity contribution in [2.24, 2.45) is 0 Å². The average molecular weight is 579 g/mol. The molecule has 2 aromatic rings. The summed E-state index contributed by atoms with van der Waals surface area (Å²) in [4.78, 5) is 52.7. The van der Waals surface area contributed by atoms with Crippen LogP contribution in [0.5, 0.6) is 0 Å². The van der Waals surface area contributed by atoms with Gasteiger partial charge in [0.1, 0.15) is 6.42 Å². The molecule has 0 aromatic heterocycles. The molecule has 0 amide bonds. The summed E-state index contributed by atoms with van der Waals surface area (Å²) in [5.41, 5.74) is 1.08. The van der Waals surface area contributed by atoms with Gasteiger partial charge in [-0.3, -0.25) is 19.2 Å². The van der Waals surface area contributed by atoms with Gasteiger partial charge in [-0.25, -0.2) is 0 Å². The van der Waals surface area contributed by atoms with E-state index in [1.165, 1.54) is 0 Å². The van der Waals surface area contributed by atoms with Crippen molar-refractivity contribution in [3.8, 4) is 0 Å². The number of ether oxygens (including phenoxy) is 2.